The van der Waals surface area contributed by atoms with E-state index in [1.807, 2.05) is 12.3 Å². The molecule has 0 unspecified atom stereocenters. The summed E-state index contributed by atoms with van der Waals surface area (Å²) in [6.45, 7) is 1.00. The van der Waals surface area contributed by atoms with E-state index in [1.54, 1.807) is 0 Å². The van der Waals surface area contributed by atoms with Crippen LogP contribution in [0.5, 0.6) is 0 Å². The standard InChI is InChI=1S/C15H18N2O/c18-11-15(7-3-8-15)17-10-13-5-1-4-12-6-2-9-16-14(12)13/h1-2,4-6,9,17-18H,3,7-8,10-11H2. The number of aliphatic hydroxyl groups is 1. The molecule has 0 spiro atoms. The van der Waals surface area contributed by atoms with Gasteiger partial charge in [-0.25, -0.2) is 0 Å². The topological polar surface area (TPSA) is 45.1 Å². The fraction of sp³-hybridized carbons (Fsp3) is 0.400. The Morgan fingerprint density at radius 3 is 2.78 bits per heavy atom. The van der Waals surface area contributed by atoms with Gasteiger partial charge in [0.25, 0.3) is 0 Å². The predicted molar refractivity (Wildman–Crippen MR) is 72.3 cm³/mol. The van der Waals surface area contributed by atoms with E-state index in [-0.39, 0.29) is 12.1 Å². The minimum Gasteiger partial charge on any atom is -0.394 e. The maximum atomic E-state index is 9.45. The van der Waals surface area contributed by atoms with Crippen molar-refractivity contribution in [3.05, 3.63) is 42.1 Å². The Kier molecular flexibility index (Phi) is 3.02. The van der Waals surface area contributed by atoms with Crippen molar-refractivity contribution in [2.75, 3.05) is 6.61 Å². The van der Waals surface area contributed by atoms with Gasteiger partial charge in [0.05, 0.1) is 12.1 Å². The van der Waals surface area contributed by atoms with Crippen molar-refractivity contribution in [3.8, 4) is 0 Å². The molecule has 18 heavy (non-hydrogen) atoms. The smallest absolute Gasteiger partial charge is 0.0746 e. The molecule has 3 heteroatoms. The van der Waals surface area contributed by atoms with Crippen LogP contribution in [0.15, 0.2) is 36.5 Å². The fourth-order valence-corrected chi connectivity index (χ4v) is 2.59. The molecule has 94 valence electrons. The Morgan fingerprint density at radius 1 is 1.22 bits per heavy atom. The molecule has 1 saturated carbocycles. The summed E-state index contributed by atoms with van der Waals surface area (Å²) in [6, 6.07) is 10.3. The molecule has 0 radical (unpaired) electrons. The highest BCUT2D eigenvalue weighted by atomic mass is 16.3. The first-order chi connectivity index (χ1) is 8.83. The van der Waals surface area contributed by atoms with Crippen molar-refractivity contribution in [2.24, 2.45) is 0 Å². The lowest BCUT2D eigenvalue weighted by atomic mass is 9.77. The number of pyridine rings is 1. The molecule has 0 atom stereocenters. The first kappa shape index (κ1) is 11.6. The van der Waals surface area contributed by atoms with Crippen molar-refractivity contribution >= 4 is 10.9 Å². The Balaban J connectivity index is 1.82. The van der Waals surface area contributed by atoms with Gasteiger partial charge in [-0.15, -0.1) is 0 Å². The van der Waals surface area contributed by atoms with E-state index < -0.39 is 0 Å². The quantitative estimate of drug-likeness (QED) is 0.864. The lowest BCUT2D eigenvalue weighted by Crippen LogP contribution is -2.53. The van der Waals surface area contributed by atoms with Crippen molar-refractivity contribution in [2.45, 2.75) is 31.3 Å². The Labute approximate surface area is 107 Å². The van der Waals surface area contributed by atoms with Gasteiger partial charge in [0.15, 0.2) is 0 Å². The number of aromatic nitrogens is 1. The van der Waals surface area contributed by atoms with Crippen LogP contribution in [0.3, 0.4) is 0 Å². The summed E-state index contributed by atoms with van der Waals surface area (Å²) in [4.78, 5) is 4.45. The number of nitrogens with one attached hydrogen (secondary N) is 1. The largest absolute Gasteiger partial charge is 0.394 e. The third-order valence-electron chi connectivity index (χ3n) is 3.98. The molecule has 1 aromatic heterocycles. The number of benzene rings is 1. The molecule has 0 amide bonds. The first-order valence-electron chi connectivity index (χ1n) is 6.52. The first-order valence-corrected chi connectivity index (χ1v) is 6.52. The highest BCUT2D eigenvalue weighted by Crippen LogP contribution is 2.31. The normalized spacial score (nSPS) is 17.6. The Hall–Kier alpha value is -1.45. The van der Waals surface area contributed by atoms with E-state index >= 15 is 0 Å². The monoisotopic (exact) mass is 242 g/mol. The number of hydrogen-bond donors (Lipinski definition) is 2. The molecule has 0 aliphatic heterocycles. The fourth-order valence-electron chi connectivity index (χ4n) is 2.59. The van der Waals surface area contributed by atoms with Crippen LogP contribution in [-0.4, -0.2) is 22.2 Å². The number of hydrogen-bond acceptors (Lipinski definition) is 3. The van der Waals surface area contributed by atoms with Gasteiger partial charge >= 0.3 is 0 Å². The third kappa shape index (κ3) is 2.00. The van der Waals surface area contributed by atoms with Gasteiger partial charge < -0.3 is 10.4 Å². The van der Waals surface area contributed by atoms with Crippen LogP contribution < -0.4 is 5.32 Å². The molecular weight excluding hydrogens is 224 g/mol. The lowest BCUT2D eigenvalue weighted by molar-refractivity contribution is 0.0873. The van der Waals surface area contributed by atoms with Gasteiger partial charge in [-0.3, -0.25) is 4.98 Å². The summed E-state index contributed by atoms with van der Waals surface area (Å²) < 4.78 is 0. The Morgan fingerprint density at radius 2 is 2.06 bits per heavy atom. The SMILES string of the molecule is OCC1(NCc2cccc3cccnc23)CCC1. The highest BCUT2D eigenvalue weighted by Gasteiger charge is 2.35. The molecule has 3 rings (SSSR count). The van der Waals surface area contributed by atoms with Crippen LogP contribution in [0, 0.1) is 0 Å². The number of fused-ring (bicyclic) bond motifs is 1. The van der Waals surface area contributed by atoms with Crippen molar-refractivity contribution in [1.82, 2.24) is 10.3 Å². The molecule has 2 aromatic rings. The average molecular weight is 242 g/mol. The second kappa shape index (κ2) is 4.67. The van der Waals surface area contributed by atoms with Crippen molar-refractivity contribution in [1.29, 1.82) is 0 Å². The van der Waals surface area contributed by atoms with Crippen LogP contribution in [0.4, 0.5) is 0 Å². The molecule has 3 nitrogen and oxygen atoms in total. The van der Waals surface area contributed by atoms with Crippen LogP contribution in [0.1, 0.15) is 24.8 Å². The van der Waals surface area contributed by atoms with Gasteiger partial charge in [0.1, 0.15) is 0 Å². The Bertz CT molecular complexity index is 538. The average Bonchev–Trinajstić information content (AvgIpc) is 2.38. The summed E-state index contributed by atoms with van der Waals surface area (Å²) in [7, 11) is 0. The molecule has 1 aliphatic carbocycles. The predicted octanol–water partition coefficient (Wildman–Crippen LogP) is 2.24. The molecule has 1 aliphatic rings. The second-order valence-electron chi connectivity index (χ2n) is 5.14. The number of rotatable bonds is 4. The molecule has 1 fully saturated rings. The number of aliphatic hydroxyl groups excluding tert-OH is 1. The van der Waals surface area contributed by atoms with Crippen molar-refractivity contribution < 1.29 is 5.11 Å². The molecular formula is C15H18N2O. The van der Waals surface area contributed by atoms with Gasteiger partial charge in [0, 0.05) is 23.7 Å². The number of para-hydroxylation sites is 1. The maximum absolute atomic E-state index is 9.45. The zero-order chi connectivity index (χ0) is 12.4. The third-order valence-corrected chi connectivity index (χ3v) is 3.98. The minimum absolute atomic E-state index is 0.0447. The highest BCUT2D eigenvalue weighted by molar-refractivity contribution is 5.81. The molecule has 0 bridgehead atoms. The van der Waals surface area contributed by atoms with E-state index in [1.165, 1.54) is 17.4 Å². The maximum Gasteiger partial charge on any atom is 0.0746 e. The summed E-state index contributed by atoms with van der Waals surface area (Å²) in [5, 5.41) is 14.1. The van der Waals surface area contributed by atoms with Crippen LogP contribution >= 0.6 is 0 Å². The van der Waals surface area contributed by atoms with Crippen LogP contribution in [-0.2, 0) is 6.54 Å². The molecule has 2 N–H and O–H groups in total. The molecule has 1 heterocycles. The van der Waals surface area contributed by atoms with Gasteiger partial charge in [0.2, 0.25) is 0 Å². The summed E-state index contributed by atoms with van der Waals surface area (Å²) in [5.74, 6) is 0. The van der Waals surface area contributed by atoms with Gasteiger partial charge in [-0.05, 0) is 30.9 Å². The van der Waals surface area contributed by atoms with Gasteiger partial charge in [-0.2, -0.15) is 0 Å². The second-order valence-corrected chi connectivity index (χ2v) is 5.14. The summed E-state index contributed by atoms with van der Waals surface area (Å²) in [5.41, 5.74) is 2.21. The van der Waals surface area contributed by atoms with E-state index in [9.17, 15) is 5.11 Å². The number of nitrogens with zero attached hydrogens (tertiary/aromatic N) is 1. The van der Waals surface area contributed by atoms with E-state index in [4.69, 9.17) is 0 Å². The summed E-state index contributed by atoms with van der Waals surface area (Å²) >= 11 is 0. The minimum atomic E-state index is -0.0447. The van der Waals surface area contributed by atoms with Crippen LogP contribution in [0.25, 0.3) is 10.9 Å². The van der Waals surface area contributed by atoms with E-state index in [2.05, 4.69) is 34.6 Å². The van der Waals surface area contributed by atoms with E-state index in [0.717, 1.165) is 24.9 Å². The molecule has 0 saturated heterocycles. The van der Waals surface area contributed by atoms with Crippen LogP contribution in [0.2, 0.25) is 0 Å². The zero-order valence-corrected chi connectivity index (χ0v) is 10.4. The molecule has 1 aromatic carbocycles. The zero-order valence-electron chi connectivity index (χ0n) is 10.4. The van der Waals surface area contributed by atoms with Crippen molar-refractivity contribution in [3.63, 3.8) is 0 Å². The van der Waals surface area contributed by atoms with E-state index in [0.29, 0.717) is 0 Å². The van der Waals surface area contributed by atoms with Gasteiger partial charge in [-0.1, -0.05) is 24.3 Å². The summed E-state index contributed by atoms with van der Waals surface area (Å²) in [6.07, 6.45) is 5.18. The lowest BCUT2D eigenvalue weighted by Gasteiger charge is -2.41.